The van der Waals surface area contributed by atoms with Crippen molar-refractivity contribution in [3.05, 3.63) is 0 Å². The molecule has 0 aromatic rings. The van der Waals surface area contributed by atoms with E-state index in [2.05, 4.69) is 50.3 Å². The molecular weight excluding hydrogens is 250 g/mol. The number of hydrogen-bond acceptors (Lipinski definition) is 1. The maximum absolute atomic E-state index is 12.2. The summed E-state index contributed by atoms with van der Waals surface area (Å²) in [5.74, 6) is 3.51. The van der Waals surface area contributed by atoms with Crippen LogP contribution < -0.4 is 5.32 Å². The van der Waals surface area contributed by atoms with Crippen LogP contribution in [0.4, 0.5) is 0 Å². The van der Waals surface area contributed by atoms with E-state index in [-0.39, 0.29) is 22.8 Å². The molecule has 0 aliphatic rings. The molecule has 19 heavy (non-hydrogen) atoms. The Labute approximate surface area is 120 Å². The van der Waals surface area contributed by atoms with E-state index in [1.54, 1.807) is 0 Å². The molecule has 0 saturated carbocycles. The van der Waals surface area contributed by atoms with Crippen LogP contribution in [0.15, 0.2) is 0 Å². The fourth-order valence-corrected chi connectivity index (χ4v) is 2.76. The highest BCUT2D eigenvalue weighted by atomic mass is 28.3. The summed E-state index contributed by atoms with van der Waals surface area (Å²) in [6.07, 6.45) is 0.774. The summed E-state index contributed by atoms with van der Waals surface area (Å²) in [7, 11) is -1.36. The minimum atomic E-state index is -1.36. The van der Waals surface area contributed by atoms with Crippen LogP contribution >= 0.6 is 0 Å². The van der Waals surface area contributed by atoms with Gasteiger partial charge in [0.15, 0.2) is 0 Å². The largest absolute Gasteiger partial charge is 0.353 e. The number of amides is 1. The van der Waals surface area contributed by atoms with Gasteiger partial charge >= 0.3 is 0 Å². The third kappa shape index (κ3) is 8.10. The van der Waals surface area contributed by atoms with Crippen molar-refractivity contribution in [2.75, 3.05) is 0 Å². The highest BCUT2D eigenvalue weighted by Gasteiger charge is 2.34. The summed E-state index contributed by atoms with van der Waals surface area (Å²) < 4.78 is 0. The highest BCUT2D eigenvalue weighted by molar-refractivity contribution is 6.83. The zero-order valence-electron chi connectivity index (χ0n) is 14.2. The van der Waals surface area contributed by atoms with Crippen LogP contribution in [0.3, 0.4) is 0 Å². The molecule has 0 aromatic heterocycles. The van der Waals surface area contributed by atoms with E-state index >= 15 is 0 Å². The van der Waals surface area contributed by atoms with Crippen LogP contribution in [-0.4, -0.2) is 20.0 Å². The summed E-state index contributed by atoms with van der Waals surface area (Å²) in [6, 6.07) is 0.183. The average molecular weight is 282 g/mol. The van der Waals surface area contributed by atoms with E-state index in [0.717, 1.165) is 6.42 Å². The third-order valence-corrected chi connectivity index (χ3v) is 3.57. The molecule has 0 radical (unpaired) electrons. The van der Waals surface area contributed by atoms with Crippen molar-refractivity contribution in [2.24, 2.45) is 10.8 Å². The smallest absolute Gasteiger partial charge is 0.225 e. The molecule has 110 valence electrons. The van der Waals surface area contributed by atoms with Crippen LogP contribution in [0.25, 0.3) is 0 Å². The first kappa shape index (κ1) is 18.2. The molecule has 0 aliphatic carbocycles. The Balaban J connectivity index is 4.89. The number of hydrogen-bond donors (Lipinski definition) is 1. The lowest BCUT2D eigenvalue weighted by molar-refractivity contribution is -0.131. The fraction of sp³-hybridized carbons (Fsp3) is 0.812. The molecule has 0 rings (SSSR count). The number of nitrogens with one attached hydrogen (secondary N) is 1. The van der Waals surface area contributed by atoms with Gasteiger partial charge in [0, 0.05) is 16.9 Å². The first-order chi connectivity index (χ1) is 8.25. The number of rotatable bonds is 4. The predicted octanol–water partition coefficient (Wildman–Crippen LogP) is 3.83. The Morgan fingerprint density at radius 3 is 2.00 bits per heavy atom. The molecule has 1 amide bonds. The van der Waals surface area contributed by atoms with E-state index in [4.69, 9.17) is 0 Å². The van der Waals surface area contributed by atoms with Gasteiger partial charge in [-0.15, -0.1) is 11.5 Å². The van der Waals surface area contributed by atoms with E-state index in [0.29, 0.717) is 0 Å². The monoisotopic (exact) mass is 281 g/mol. The lowest BCUT2D eigenvalue weighted by Gasteiger charge is -2.31. The van der Waals surface area contributed by atoms with E-state index in [1.807, 2.05) is 27.7 Å². The van der Waals surface area contributed by atoms with Gasteiger partial charge in [-0.1, -0.05) is 33.5 Å². The maximum Gasteiger partial charge on any atom is 0.225 e. The van der Waals surface area contributed by atoms with Crippen LogP contribution in [0.1, 0.15) is 48.0 Å². The Bertz CT molecular complexity index is 378. The molecule has 0 fully saturated rings. The fourth-order valence-electron chi connectivity index (χ4n) is 2.04. The summed E-state index contributed by atoms with van der Waals surface area (Å²) in [4.78, 5) is 12.2. The predicted molar refractivity (Wildman–Crippen MR) is 86.6 cm³/mol. The van der Waals surface area contributed by atoms with E-state index in [1.165, 1.54) is 0 Å². The Morgan fingerprint density at radius 2 is 1.63 bits per heavy atom. The maximum atomic E-state index is 12.2. The van der Waals surface area contributed by atoms with Crippen molar-refractivity contribution in [3.8, 4) is 11.5 Å². The van der Waals surface area contributed by atoms with Gasteiger partial charge in [-0.3, -0.25) is 4.79 Å². The Kier molecular flexibility index (Phi) is 5.89. The van der Waals surface area contributed by atoms with Gasteiger partial charge in [0.25, 0.3) is 0 Å². The van der Waals surface area contributed by atoms with Crippen molar-refractivity contribution in [1.29, 1.82) is 0 Å². The molecule has 0 heterocycles. The number of carbonyl (C=O) groups excluding carboxylic acids is 1. The van der Waals surface area contributed by atoms with Crippen molar-refractivity contribution in [1.82, 2.24) is 5.32 Å². The quantitative estimate of drug-likeness (QED) is 0.616. The molecule has 0 aliphatic heterocycles. The van der Waals surface area contributed by atoms with Gasteiger partial charge in [0.05, 0.1) is 0 Å². The molecule has 0 bridgehead atoms. The molecule has 0 spiro atoms. The van der Waals surface area contributed by atoms with Gasteiger partial charge in [-0.25, -0.2) is 0 Å². The average Bonchev–Trinajstić information content (AvgIpc) is 2.11. The summed E-state index contributed by atoms with van der Waals surface area (Å²) in [5, 5.41) is 3.00. The Hall–Kier alpha value is -0.753. The van der Waals surface area contributed by atoms with Crippen LogP contribution in [0, 0.1) is 22.3 Å². The van der Waals surface area contributed by atoms with Crippen LogP contribution in [0.5, 0.6) is 0 Å². The Morgan fingerprint density at radius 1 is 1.16 bits per heavy atom. The first-order valence-corrected chi connectivity index (χ1v) is 10.6. The molecule has 3 heteroatoms. The highest BCUT2D eigenvalue weighted by Crippen LogP contribution is 2.33. The van der Waals surface area contributed by atoms with Gasteiger partial charge in [0.2, 0.25) is 5.91 Å². The third-order valence-electron chi connectivity index (χ3n) is 2.69. The lowest BCUT2D eigenvalue weighted by Crippen LogP contribution is -2.42. The summed E-state index contributed by atoms with van der Waals surface area (Å²) >= 11 is 0. The minimum absolute atomic E-state index is 0.116. The van der Waals surface area contributed by atoms with E-state index < -0.39 is 8.07 Å². The molecule has 0 unspecified atom stereocenters. The normalized spacial score (nSPS) is 12.9. The molecule has 2 nitrogen and oxygen atoms in total. The summed E-state index contributed by atoms with van der Waals surface area (Å²) in [5.41, 5.74) is 2.91. The second-order valence-corrected chi connectivity index (χ2v) is 12.8. The zero-order valence-corrected chi connectivity index (χ0v) is 15.2. The van der Waals surface area contributed by atoms with E-state index in [9.17, 15) is 4.79 Å². The van der Waals surface area contributed by atoms with Crippen molar-refractivity contribution in [2.45, 2.75) is 73.6 Å². The van der Waals surface area contributed by atoms with Crippen LogP contribution in [-0.2, 0) is 4.79 Å². The lowest BCUT2D eigenvalue weighted by atomic mass is 9.75. The second kappa shape index (κ2) is 6.13. The molecule has 0 saturated heterocycles. The van der Waals surface area contributed by atoms with Crippen molar-refractivity contribution in [3.63, 3.8) is 0 Å². The molecular formula is C16H31NOSi. The standard InChI is InChI=1S/C16H31NOSi/c1-13(2)17-14(18)16(5,6)12-15(3,4)10-11-19(7,8)9/h13H,12H2,1-9H3,(H,17,18). The topological polar surface area (TPSA) is 29.1 Å². The minimum Gasteiger partial charge on any atom is -0.353 e. The van der Waals surface area contributed by atoms with Gasteiger partial charge < -0.3 is 5.32 Å². The SMILES string of the molecule is CC(C)NC(=O)C(C)(C)CC(C)(C)C#C[Si](C)(C)C. The molecule has 1 N–H and O–H groups in total. The second-order valence-electron chi connectivity index (χ2n) is 8.07. The van der Waals surface area contributed by atoms with Crippen molar-refractivity contribution >= 4 is 14.0 Å². The van der Waals surface area contributed by atoms with Crippen LogP contribution in [0.2, 0.25) is 19.6 Å². The zero-order chi connectivity index (χ0) is 15.5. The van der Waals surface area contributed by atoms with Gasteiger partial charge in [-0.2, -0.15) is 0 Å². The van der Waals surface area contributed by atoms with Crippen molar-refractivity contribution < 1.29 is 4.79 Å². The van der Waals surface area contributed by atoms with Gasteiger partial charge in [0.1, 0.15) is 8.07 Å². The number of carbonyl (C=O) groups is 1. The molecule has 0 aromatic carbocycles. The van der Waals surface area contributed by atoms with Gasteiger partial charge in [-0.05, 0) is 34.1 Å². The molecule has 0 atom stereocenters. The summed E-state index contributed by atoms with van der Waals surface area (Å²) in [6.45, 7) is 19.0. The first-order valence-electron chi connectivity index (χ1n) is 7.10.